The number of amides is 1. The van der Waals surface area contributed by atoms with Crippen LogP contribution in [0.1, 0.15) is 24.8 Å². The van der Waals surface area contributed by atoms with E-state index in [0.717, 1.165) is 21.0 Å². The number of benzene rings is 1. The van der Waals surface area contributed by atoms with E-state index >= 15 is 0 Å². The summed E-state index contributed by atoms with van der Waals surface area (Å²) in [5.41, 5.74) is 1.44. The SMILES string of the molecule is CCC(C(=O)NCc1nc(-c2cccs2)no1)N(c1ccc(C)cc1)S(C)(=O)=O. The number of nitrogens with zero attached hydrogens (tertiary/aromatic N) is 3. The summed E-state index contributed by atoms with van der Waals surface area (Å²) in [6.45, 7) is 3.69. The Labute approximate surface area is 173 Å². The molecule has 2 aromatic heterocycles. The van der Waals surface area contributed by atoms with Crippen molar-refractivity contribution in [3.63, 3.8) is 0 Å². The molecule has 0 fully saturated rings. The highest BCUT2D eigenvalue weighted by Gasteiger charge is 2.31. The summed E-state index contributed by atoms with van der Waals surface area (Å²) in [4.78, 5) is 17.9. The van der Waals surface area contributed by atoms with E-state index in [2.05, 4.69) is 15.5 Å². The number of thiophene rings is 1. The minimum atomic E-state index is -3.67. The number of aromatic nitrogens is 2. The second-order valence-electron chi connectivity index (χ2n) is 6.53. The molecular formula is C19H22N4O4S2. The Balaban J connectivity index is 1.75. The van der Waals surface area contributed by atoms with E-state index < -0.39 is 22.0 Å². The van der Waals surface area contributed by atoms with Gasteiger partial charge in [0.05, 0.1) is 23.4 Å². The second-order valence-corrected chi connectivity index (χ2v) is 9.33. The fourth-order valence-electron chi connectivity index (χ4n) is 2.87. The Hall–Kier alpha value is -2.72. The summed E-state index contributed by atoms with van der Waals surface area (Å²) in [6.07, 6.45) is 1.39. The standard InChI is InChI=1S/C19H22N4O4S2/c1-4-15(23(29(3,25)26)14-9-7-13(2)8-10-14)19(24)20-12-17-21-18(22-27-17)16-6-5-11-28-16/h5-11,15H,4,12H2,1-3H3,(H,20,24). The monoisotopic (exact) mass is 434 g/mol. The van der Waals surface area contributed by atoms with E-state index in [1.54, 1.807) is 19.1 Å². The molecule has 8 nitrogen and oxygen atoms in total. The molecule has 0 saturated carbocycles. The first-order chi connectivity index (χ1) is 13.8. The lowest BCUT2D eigenvalue weighted by Gasteiger charge is -2.30. The van der Waals surface area contributed by atoms with Crippen LogP contribution in [0, 0.1) is 6.92 Å². The van der Waals surface area contributed by atoms with Gasteiger partial charge in [-0.25, -0.2) is 8.42 Å². The minimum Gasteiger partial charge on any atom is -0.345 e. The number of hydrogen-bond donors (Lipinski definition) is 1. The first kappa shape index (κ1) is 21.0. The lowest BCUT2D eigenvalue weighted by molar-refractivity contribution is -0.122. The number of anilines is 1. The number of nitrogens with one attached hydrogen (secondary N) is 1. The quantitative estimate of drug-likeness (QED) is 0.584. The predicted octanol–water partition coefficient (Wildman–Crippen LogP) is 2.97. The Morgan fingerprint density at radius 2 is 2.00 bits per heavy atom. The highest BCUT2D eigenvalue weighted by atomic mass is 32.2. The van der Waals surface area contributed by atoms with Gasteiger partial charge in [-0.15, -0.1) is 11.3 Å². The molecule has 1 atom stereocenters. The minimum absolute atomic E-state index is 0.0131. The van der Waals surface area contributed by atoms with Crippen molar-refractivity contribution in [1.82, 2.24) is 15.5 Å². The van der Waals surface area contributed by atoms with Gasteiger partial charge >= 0.3 is 0 Å². The van der Waals surface area contributed by atoms with Gasteiger partial charge in [0.15, 0.2) is 0 Å². The third-order valence-corrected chi connectivity index (χ3v) is 6.29. The lowest BCUT2D eigenvalue weighted by atomic mass is 10.1. The topological polar surface area (TPSA) is 105 Å². The van der Waals surface area contributed by atoms with Gasteiger partial charge in [0, 0.05) is 0 Å². The van der Waals surface area contributed by atoms with Crippen LogP contribution in [0.3, 0.4) is 0 Å². The number of rotatable bonds is 8. The number of aryl methyl sites for hydroxylation is 1. The molecule has 1 amide bonds. The molecule has 0 bridgehead atoms. The molecule has 3 rings (SSSR count). The van der Waals surface area contributed by atoms with E-state index in [-0.39, 0.29) is 12.4 Å². The number of hydrogen-bond acceptors (Lipinski definition) is 7. The Morgan fingerprint density at radius 1 is 1.28 bits per heavy atom. The molecule has 0 spiro atoms. The Kier molecular flexibility index (Phi) is 6.33. The highest BCUT2D eigenvalue weighted by Crippen LogP contribution is 2.23. The third kappa shape index (κ3) is 5.01. The lowest BCUT2D eigenvalue weighted by Crippen LogP contribution is -2.49. The largest absolute Gasteiger partial charge is 0.345 e. The van der Waals surface area contributed by atoms with Gasteiger partial charge in [-0.2, -0.15) is 4.98 Å². The highest BCUT2D eigenvalue weighted by molar-refractivity contribution is 7.92. The van der Waals surface area contributed by atoms with E-state index in [1.807, 2.05) is 36.6 Å². The van der Waals surface area contributed by atoms with E-state index in [4.69, 9.17) is 4.52 Å². The zero-order valence-corrected chi connectivity index (χ0v) is 18.0. The zero-order chi connectivity index (χ0) is 21.0. The van der Waals surface area contributed by atoms with Crippen LogP contribution in [0.15, 0.2) is 46.3 Å². The van der Waals surface area contributed by atoms with Crippen molar-refractivity contribution >= 4 is 33.0 Å². The maximum absolute atomic E-state index is 12.8. The molecule has 0 saturated heterocycles. The van der Waals surface area contributed by atoms with Gasteiger partial charge in [-0.3, -0.25) is 9.10 Å². The van der Waals surface area contributed by atoms with Gasteiger partial charge in [-0.05, 0) is 36.9 Å². The van der Waals surface area contributed by atoms with Gasteiger partial charge in [0.2, 0.25) is 27.6 Å². The molecule has 0 radical (unpaired) electrons. The summed E-state index contributed by atoms with van der Waals surface area (Å²) in [5, 5.41) is 8.51. The smallest absolute Gasteiger partial charge is 0.246 e. The van der Waals surface area contributed by atoms with Gasteiger partial charge in [0.1, 0.15) is 6.04 Å². The molecule has 3 aromatic rings. The van der Waals surface area contributed by atoms with Crippen molar-refractivity contribution in [2.24, 2.45) is 0 Å². The number of sulfonamides is 1. The van der Waals surface area contributed by atoms with Crippen molar-refractivity contribution in [2.45, 2.75) is 32.9 Å². The zero-order valence-electron chi connectivity index (χ0n) is 16.3. The normalized spacial score (nSPS) is 12.5. The molecule has 154 valence electrons. The summed E-state index contributed by atoms with van der Waals surface area (Å²) in [7, 11) is -3.67. The Morgan fingerprint density at radius 3 is 2.59 bits per heavy atom. The third-order valence-electron chi connectivity index (χ3n) is 4.24. The maximum atomic E-state index is 12.8. The van der Waals surface area contributed by atoms with Crippen molar-refractivity contribution in [3.8, 4) is 10.7 Å². The van der Waals surface area contributed by atoms with Crippen LogP contribution in [-0.2, 0) is 21.4 Å². The summed E-state index contributed by atoms with van der Waals surface area (Å²) in [6, 6.07) is 9.86. The molecule has 29 heavy (non-hydrogen) atoms. The fraction of sp³-hybridized carbons (Fsp3) is 0.316. The van der Waals surface area contributed by atoms with Gasteiger partial charge < -0.3 is 9.84 Å². The predicted molar refractivity (Wildman–Crippen MR) is 112 cm³/mol. The summed E-state index contributed by atoms with van der Waals surface area (Å²) in [5.74, 6) is 0.265. The van der Waals surface area contributed by atoms with Crippen LogP contribution >= 0.6 is 11.3 Å². The molecule has 0 aliphatic carbocycles. The van der Waals surface area contributed by atoms with Crippen LogP contribution in [-0.4, -0.2) is 36.8 Å². The van der Waals surface area contributed by atoms with Crippen molar-refractivity contribution in [2.75, 3.05) is 10.6 Å². The van der Waals surface area contributed by atoms with Crippen LogP contribution in [0.25, 0.3) is 10.7 Å². The van der Waals surface area contributed by atoms with E-state index in [9.17, 15) is 13.2 Å². The number of carbonyl (C=O) groups excluding carboxylic acids is 1. The van der Waals surface area contributed by atoms with Gasteiger partial charge in [-0.1, -0.05) is 35.8 Å². The fourth-order valence-corrected chi connectivity index (χ4v) is 4.73. The second kappa shape index (κ2) is 8.75. The molecule has 1 aromatic carbocycles. The molecule has 2 heterocycles. The van der Waals surface area contributed by atoms with Crippen LogP contribution in [0.5, 0.6) is 0 Å². The van der Waals surface area contributed by atoms with Crippen LogP contribution in [0.4, 0.5) is 5.69 Å². The summed E-state index contributed by atoms with van der Waals surface area (Å²) < 4.78 is 31.2. The number of carbonyl (C=O) groups is 1. The maximum Gasteiger partial charge on any atom is 0.246 e. The summed E-state index contributed by atoms with van der Waals surface area (Å²) >= 11 is 1.48. The molecular weight excluding hydrogens is 412 g/mol. The molecule has 1 unspecified atom stereocenters. The first-order valence-electron chi connectivity index (χ1n) is 9.00. The van der Waals surface area contributed by atoms with Crippen molar-refractivity contribution in [1.29, 1.82) is 0 Å². The van der Waals surface area contributed by atoms with Gasteiger partial charge in [0.25, 0.3) is 0 Å². The Bertz CT molecular complexity index is 1060. The molecule has 0 aliphatic heterocycles. The molecule has 1 N–H and O–H groups in total. The first-order valence-corrected chi connectivity index (χ1v) is 11.7. The van der Waals surface area contributed by atoms with Crippen molar-refractivity contribution < 1.29 is 17.7 Å². The van der Waals surface area contributed by atoms with Crippen LogP contribution < -0.4 is 9.62 Å². The molecule has 0 aliphatic rings. The van der Waals surface area contributed by atoms with E-state index in [1.165, 1.54) is 11.3 Å². The molecule has 10 heteroatoms. The average Bonchev–Trinajstić information content (AvgIpc) is 3.35. The average molecular weight is 435 g/mol. The van der Waals surface area contributed by atoms with E-state index in [0.29, 0.717) is 17.9 Å². The van der Waals surface area contributed by atoms with Crippen LogP contribution in [0.2, 0.25) is 0 Å². The van der Waals surface area contributed by atoms with Crippen molar-refractivity contribution in [3.05, 3.63) is 53.2 Å².